The van der Waals surface area contributed by atoms with Crippen LogP contribution in [-0.2, 0) is 6.42 Å². The summed E-state index contributed by atoms with van der Waals surface area (Å²) in [4.78, 5) is 30.3. The molecule has 1 saturated heterocycles. The molecule has 7 heteroatoms. The molecule has 146 valence electrons. The second-order valence-electron chi connectivity index (χ2n) is 7.32. The van der Waals surface area contributed by atoms with Gasteiger partial charge in [0.05, 0.1) is 0 Å². The molecule has 4 rings (SSSR count). The third kappa shape index (κ3) is 3.65. The molecule has 0 radical (unpaired) electrons. The van der Waals surface area contributed by atoms with Crippen molar-refractivity contribution in [1.29, 1.82) is 0 Å². The molecule has 0 unspecified atom stereocenters. The van der Waals surface area contributed by atoms with Gasteiger partial charge in [0.15, 0.2) is 0 Å². The van der Waals surface area contributed by atoms with Gasteiger partial charge >= 0.3 is 6.03 Å². The zero-order valence-electron chi connectivity index (χ0n) is 15.9. The van der Waals surface area contributed by atoms with Crippen LogP contribution in [0.2, 0.25) is 0 Å². The van der Waals surface area contributed by atoms with Crippen LogP contribution in [-0.4, -0.2) is 47.6 Å². The molecule has 2 aromatic rings. The molecule has 0 atom stereocenters. The Kier molecular flexibility index (Phi) is 4.90. The van der Waals surface area contributed by atoms with Gasteiger partial charge in [-0.3, -0.25) is 10.1 Å². The van der Waals surface area contributed by atoms with Gasteiger partial charge in [-0.25, -0.2) is 9.78 Å². The molecule has 28 heavy (non-hydrogen) atoms. The van der Waals surface area contributed by atoms with Crippen molar-refractivity contribution < 1.29 is 14.3 Å². The summed E-state index contributed by atoms with van der Waals surface area (Å²) in [6.45, 7) is 1.26. The van der Waals surface area contributed by atoms with E-state index in [0.717, 1.165) is 31.4 Å². The van der Waals surface area contributed by atoms with Gasteiger partial charge in [-0.05, 0) is 36.6 Å². The maximum atomic E-state index is 12.6. The van der Waals surface area contributed by atoms with Crippen molar-refractivity contribution in [1.82, 2.24) is 15.2 Å². The Labute approximate surface area is 164 Å². The fourth-order valence-electron chi connectivity index (χ4n) is 3.90. The van der Waals surface area contributed by atoms with Gasteiger partial charge in [0.25, 0.3) is 5.91 Å². The minimum Gasteiger partial charge on any atom is -0.487 e. The van der Waals surface area contributed by atoms with Gasteiger partial charge < -0.3 is 15.0 Å². The fraction of sp³-hybridized carbons (Fsp3) is 0.381. The third-order valence-electron chi connectivity index (χ3n) is 5.60. The minimum atomic E-state index is -0.215. The van der Waals surface area contributed by atoms with Crippen molar-refractivity contribution in [3.8, 4) is 5.75 Å². The first kappa shape index (κ1) is 18.3. The lowest BCUT2D eigenvalue weighted by atomic mass is 9.83. The van der Waals surface area contributed by atoms with E-state index < -0.39 is 0 Å². The molecule has 0 aliphatic carbocycles. The first-order valence-corrected chi connectivity index (χ1v) is 9.60. The fourth-order valence-corrected chi connectivity index (χ4v) is 3.90. The maximum absolute atomic E-state index is 12.6. The van der Waals surface area contributed by atoms with Crippen molar-refractivity contribution in [2.45, 2.75) is 31.3 Å². The van der Waals surface area contributed by atoms with Crippen LogP contribution in [0.1, 0.15) is 35.2 Å². The van der Waals surface area contributed by atoms with Gasteiger partial charge in [-0.15, -0.1) is 0 Å². The molecular weight excluding hydrogens is 356 g/mol. The molecule has 7 nitrogen and oxygen atoms in total. The average Bonchev–Trinajstić information content (AvgIpc) is 2.73. The number of nitrogens with zero attached hydrogens (tertiary/aromatic N) is 2. The minimum absolute atomic E-state index is 0.178. The Balaban J connectivity index is 1.37. The number of amides is 3. The second kappa shape index (κ2) is 7.50. The monoisotopic (exact) mass is 380 g/mol. The maximum Gasteiger partial charge on any atom is 0.323 e. The van der Waals surface area contributed by atoms with Gasteiger partial charge in [0.1, 0.15) is 17.2 Å². The Morgan fingerprint density at radius 1 is 1.14 bits per heavy atom. The number of carbonyl (C=O) groups excluding carboxylic acids is 2. The number of nitrogens with one attached hydrogen (secondary N) is 2. The number of carbonyl (C=O) groups is 2. The van der Waals surface area contributed by atoms with Crippen molar-refractivity contribution in [3.05, 3.63) is 53.7 Å². The van der Waals surface area contributed by atoms with E-state index >= 15 is 0 Å². The van der Waals surface area contributed by atoms with Gasteiger partial charge in [-0.2, -0.15) is 0 Å². The highest BCUT2D eigenvalue weighted by molar-refractivity contribution is 5.96. The lowest BCUT2D eigenvalue weighted by Gasteiger charge is -2.44. The van der Waals surface area contributed by atoms with E-state index in [2.05, 4.69) is 21.7 Å². The molecule has 2 N–H and O–H groups in total. The average molecular weight is 380 g/mol. The molecule has 2 aliphatic rings. The van der Waals surface area contributed by atoms with E-state index in [1.165, 1.54) is 11.8 Å². The van der Waals surface area contributed by atoms with Crippen LogP contribution in [0.3, 0.4) is 0 Å². The Morgan fingerprint density at radius 3 is 2.71 bits per heavy atom. The van der Waals surface area contributed by atoms with Crippen LogP contribution in [0.5, 0.6) is 5.75 Å². The number of fused-ring (bicyclic) bond motifs is 1. The van der Waals surface area contributed by atoms with Crippen LogP contribution in [0.15, 0.2) is 42.6 Å². The van der Waals surface area contributed by atoms with E-state index in [9.17, 15) is 9.59 Å². The molecule has 1 aromatic carbocycles. The summed E-state index contributed by atoms with van der Waals surface area (Å²) in [5.41, 5.74) is 1.54. The molecule has 2 aliphatic heterocycles. The summed E-state index contributed by atoms with van der Waals surface area (Å²) in [5, 5.41) is 5.35. The Bertz CT molecular complexity index is 891. The number of anilines is 1. The first-order chi connectivity index (χ1) is 13.6. The molecule has 3 heterocycles. The zero-order chi connectivity index (χ0) is 19.6. The standard InChI is InChI=1S/C21H24N4O3/c1-22-19(26)16-7-11-23-18(14-16)24-20(27)25-12-9-21(10-13-25)8-6-15-4-2-3-5-17(15)28-21/h2-5,7,11,14H,6,8-10,12-13H2,1H3,(H,22,26)(H,23,24,27). The molecular formula is C21H24N4O3. The van der Waals surface area contributed by atoms with Crippen LogP contribution in [0.4, 0.5) is 10.6 Å². The van der Waals surface area contributed by atoms with E-state index in [-0.39, 0.29) is 17.5 Å². The van der Waals surface area contributed by atoms with E-state index in [0.29, 0.717) is 24.5 Å². The SMILES string of the molecule is CNC(=O)c1ccnc(NC(=O)N2CCC3(CCc4ccccc4O3)CC2)c1. The summed E-state index contributed by atoms with van der Waals surface area (Å²) in [5.74, 6) is 1.13. The van der Waals surface area contributed by atoms with E-state index in [4.69, 9.17) is 4.74 Å². The summed E-state index contributed by atoms with van der Waals surface area (Å²) >= 11 is 0. The predicted octanol–water partition coefficient (Wildman–Crippen LogP) is 2.83. The highest BCUT2D eigenvalue weighted by atomic mass is 16.5. The number of ether oxygens (including phenoxy) is 1. The van der Waals surface area contributed by atoms with E-state index in [1.54, 1.807) is 24.1 Å². The van der Waals surface area contributed by atoms with Crippen LogP contribution in [0.25, 0.3) is 0 Å². The lowest BCUT2D eigenvalue weighted by Crippen LogP contribution is -2.52. The van der Waals surface area contributed by atoms with Gasteiger partial charge in [-0.1, -0.05) is 18.2 Å². The summed E-state index contributed by atoms with van der Waals surface area (Å²) in [7, 11) is 1.57. The quantitative estimate of drug-likeness (QED) is 0.839. The van der Waals surface area contributed by atoms with Crippen LogP contribution >= 0.6 is 0 Å². The molecule has 0 saturated carbocycles. The molecule has 1 spiro atoms. The van der Waals surface area contributed by atoms with Gasteiger partial charge in [0, 0.05) is 44.7 Å². The van der Waals surface area contributed by atoms with Crippen molar-refractivity contribution in [2.75, 3.05) is 25.5 Å². The number of aryl methyl sites for hydroxylation is 1. The first-order valence-electron chi connectivity index (χ1n) is 9.60. The predicted molar refractivity (Wildman–Crippen MR) is 106 cm³/mol. The van der Waals surface area contributed by atoms with Crippen LogP contribution in [0, 0.1) is 0 Å². The number of likely N-dealkylation sites (tertiary alicyclic amines) is 1. The number of hydrogen-bond acceptors (Lipinski definition) is 4. The smallest absolute Gasteiger partial charge is 0.323 e. The number of para-hydroxylation sites is 1. The number of benzene rings is 1. The molecule has 1 fully saturated rings. The number of piperidine rings is 1. The number of rotatable bonds is 2. The topological polar surface area (TPSA) is 83.6 Å². The van der Waals surface area contributed by atoms with Gasteiger partial charge in [0.2, 0.25) is 0 Å². The highest BCUT2D eigenvalue weighted by Gasteiger charge is 2.40. The van der Waals surface area contributed by atoms with Crippen molar-refractivity contribution >= 4 is 17.8 Å². The van der Waals surface area contributed by atoms with Crippen LogP contribution < -0.4 is 15.4 Å². The number of aromatic nitrogens is 1. The lowest BCUT2D eigenvalue weighted by molar-refractivity contribution is -0.00435. The number of urea groups is 1. The zero-order valence-corrected chi connectivity index (χ0v) is 15.9. The molecule has 3 amide bonds. The number of hydrogen-bond donors (Lipinski definition) is 2. The third-order valence-corrected chi connectivity index (χ3v) is 5.60. The Hall–Kier alpha value is -3.09. The van der Waals surface area contributed by atoms with E-state index in [1.807, 2.05) is 18.2 Å². The number of pyridine rings is 1. The highest BCUT2D eigenvalue weighted by Crippen LogP contribution is 2.39. The second-order valence-corrected chi connectivity index (χ2v) is 7.32. The largest absolute Gasteiger partial charge is 0.487 e. The summed E-state index contributed by atoms with van der Waals surface area (Å²) in [6.07, 6.45) is 5.12. The van der Waals surface area contributed by atoms with Crippen molar-refractivity contribution in [3.63, 3.8) is 0 Å². The van der Waals surface area contributed by atoms with Crippen molar-refractivity contribution in [2.24, 2.45) is 0 Å². The normalized spacial score (nSPS) is 17.4. The summed E-state index contributed by atoms with van der Waals surface area (Å²) in [6, 6.07) is 11.2. The molecule has 0 bridgehead atoms. The summed E-state index contributed by atoms with van der Waals surface area (Å²) < 4.78 is 6.35. The Morgan fingerprint density at radius 2 is 1.93 bits per heavy atom. The molecule has 1 aromatic heterocycles.